The molecule has 1 N–H and O–H groups in total. The molecule has 2 rings (SSSR count). The van der Waals surface area contributed by atoms with Gasteiger partial charge in [0.1, 0.15) is 0 Å². The maximum Gasteiger partial charge on any atom is 0.254 e. The molecule has 0 aliphatic carbocycles. The SMILES string of the molecule is COCCCNS(=O)(=O)c1cccc(C(=O)N2CCN(C(C)=O)CC2)c1. The van der Waals surface area contributed by atoms with Gasteiger partial charge in [0.05, 0.1) is 4.90 Å². The number of hydrogen-bond donors (Lipinski definition) is 1. The van der Waals surface area contributed by atoms with Gasteiger partial charge in [0.15, 0.2) is 0 Å². The number of hydrogen-bond acceptors (Lipinski definition) is 5. The fraction of sp³-hybridized carbons (Fsp3) is 0.529. The highest BCUT2D eigenvalue weighted by atomic mass is 32.2. The Kier molecular flexibility index (Phi) is 7.13. The number of nitrogens with zero attached hydrogens (tertiary/aromatic N) is 2. The maximum absolute atomic E-state index is 12.6. The quantitative estimate of drug-likeness (QED) is 0.684. The molecule has 9 heteroatoms. The predicted octanol–water partition coefficient (Wildman–Crippen LogP) is 0.306. The van der Waals surface area contributed by atoms with Crippen LogP contribution in [-0.2, 0) is 19.6 Å². The first-order valence-electron chi connectivity index (χ1n) is 8.48. The van der Waals surface area contributed by atoms with Crippen LogP contribution < -0.4 is 4.72 Å². The molecule has 8 nitrogen and oxygen atoms in total. The molecule has 0 spiro atoms. The summed E-state index contributed by atoms with van der Waals surface area (Å²) in [4.78, 5) is 27.4. The number of sulfonamides is 1. The van der Waals surface area contributed by atoms with Crippen LogP contribution in [0.4, 0.5) is 0 Å². The van der Waals surface area contributed by atoms with E-state index in [2.05, 4.69) is 4.72 Å². The van der Waals surface area contributed by atoms with E-state index in [4.69, 9.17) is 4.74 Å². The Balaban J connectivity index is 2.04. The van der Waals surface area contributed by atoms with Gasteiger partial charge in [-0.05, 0) is 24.6 Å². The molecular formula is C17H25N3O5S. The van der Waals surface area contributed by atoms with Crippen LogP contribution in [0.25, 0.3) is 0 Å². The lowest BCUT2D eigenvalue weighted by molar-refractivity contribution is -0.130. The standard InChI is InChI=1S/C17H25N3O5S/c1-14(21)19-8-10-20(11-9-19)17(22)15-5-3-6-16(13-15)26(23,24)18-7-4-12-25-2/h3,5-6,13,18H,4,7-12H2,1-2H3. The Bertz CT molecular complexity index is 743. The lowest BCUT2D eigenvalue weighted by atomic mass is 10.2. The third kappa shape index (κ3) is 5.26. The van der Waals surface area contributed by atoms with Gasteiger partial charge in [0.25, 0.3) is 5.91 Å². The van der Waals surface area contributed by atoms with Crippen LogP contribution in [-0.4, -0.2) is 76.5 Å². The van der Waals surface area contributed by atoms with Crippen molar-refractivity contribution >= 4 is 21.8 Å². The first kappa shape index (κ1) is 20.3. The van der Waals surface area contributed by atoms with Crippen molar-refractivity contribution in [1.29, 1.82) is 0 Å². The molecule has 1 fully saturated rings. The third-order valence-corrected chi connectivity index (χ3v) is 5.68. The zero-order valence-corrected chi connectivity index (χ0v) is 15.9. The number of rotatable bonds is 7. The Morgan fingerprint density at radius 3 is 2.42 bits per heavy atom. The fourth-order valence-electron chi connectivity index (χ4n) is 2.71. The normalized spacial score (nSPS) is 15.2. The largest absolute Gasteiger partial charge is 0.385 e. The van der Waals surface area contributed by atoms with Crippen LogP contribution >= 0.6 is 0 Å². The summed E-state index contributed by atoms with van der Waals surface area (Å²) in [7, 11) is -2.12. The zero-order valence-electron chi connectivity index (χ0n) is 15.1. The second-order valence-electron chi connectivity index (χ2n) is 6.07. The van der Waals surface area contributed by atoms with Gasteiger partial charge in [-0.1, -0.05) is 6.07 Å². The lowest BCUT2D eigenvalue weighted by Gasteiger charge is -2.34. The summed E-state index contributed by atoms with van der Waals surface area (Å²) in [6.07, 6.45) is 0.564. The number of benzene rings is 1. The minimum atomic E-state index is -3.68. The van der Waals surface area contributed by atoms with Crippen molar-refractivity contribution in [3.63, 3.8) is 0 Å². The lowest BCUT2D eigenvalue weighted by Crippen LogP contribution is -2.50. The van der Waals surface area contributed by atoms with Crippen LogP contribution in [0.2, 0.25) is 0 Å². The average molecular weight is 383 g/mol. The third-order valence-electron chi connectivity index (χ3n) is 4.22. The van der Waals surface area contributed by atoms with E-state index in [0.29, 0.717) is 44.8 Å². The van der Waals surface area contributed by atoms with E-state index in [0.717, 1.165) is 0 Å². The molecule has 1 aromatic carbocycles. The second kappa shape index (κ2) is 9.11. The van der Waals surface area contributed by atoms with Crippen molar-refractivity contribution in [2.75, 3.05) is 46.4 Å². The van der Waals surface area contributed by atoms with Gasteiger partial charge in [-0.3, -0.25) is 9.59 Å². The molecule has 0 unspecified atom stereocenters. The number of carbonyl (C=O) groups is 2. The van der Waals surface area contributed by atoms with Gasteiger partial charge in [0, 0.05) is 58.9 Å². The molecule has 1 saturated heterocycles. The van der Waals surface area contributed by atoms with Crippen molar-refractivity contribution < 1.29 is 22.7 Å². The molecule has 1 aliphatic rings. The summed E-state index contributed by atoms with van der Waals surface area (Å²) in [5, 5.41) is 0. The van der Waals surface area contributed by atoms with Crippen molar-refractivity contribution in [1.82, 2.24) is 14.5 Å². The molecule has 1 aromatic rings. The summed E-state index contributed by atoms with van der Waals surface area (Å²) < 4.78 is 32.1. The summed E-state index contributed by atoms with van der Waals surface area (Å²) in [6, 6.07) is 6.01. The topological polar surface area (TPSA) is 96.0 Å². The minimum absolute atomic E-state index is 0.00950. The highest BCUT2D eigenvalue weighted by molar-refractivity contribution is 7.89. The second-order valence-corrected chi connectivity index (χ2v) is 7.84. The molecule has 2 amide bonds. The highest BCUT2D eigenvalue weighted by Crippen LogP contribution is 2.15. The Morgan fingerprint density at radius 2 is 1.81 bits per heavy atom. The van der Waals surface area contributed by atoms with Gasteiger partial charge in [-0.2, -0.15) is 0 Å². The maximum atomic E-state index is 12.6. The summed E-state index contributed by atoms with van der Waals surface area (Å²) in [6.45, 7) is 4.08. The van der Waals surface area contributed by atoms with E-state index in [1.807, 2.05) is 0 Å². The van der Waals surface area contributed by atoms with Gasteiger partial charge >= 0.3 is 0 Å². The van der Waals surface area contributed by atoms with Crippen molar-refractivity contribution in [3.05, 3.63) is 29.8 Å². The van der Waals surface area contributed by atoms with Crippen LogP contribution in [0.5, 0.6) is 0 Å². The number of carbonyl (C=O) groups excluding carboxylic acids is 2. The van der Waals surface area contributed by atoms with Gasteiger partial charge in [-0.25, -0.2) is 13.1 Å². The first-order valence-corrected chi connectivity index (χ1v) is 9.97. The van der Waals surface area contributed by atoms with E-state index >= 15 is 0 Å². The number of piperazine rings is 1. The molecule has 0 aromatic heterocycles. The van der Waals surface area contributed by atoms with Gasteiger partial charge in [0.2, 0.25) is 15.9 Å². The van der Waals surface area contributed by atoms with Crippen molar-refractivity contribution in [2.24, 2.45) is 0 Å². The molecule has 1 aliphatic heterocycles. The Morgan fingerprint density at radius 1 is 1.15 bits per heavy atom. The predicted molar refractivity (Wildman–Crippen MR) is 96.3 cm³/mol. The minimum Gasteiger partial charge on any atom is -0.385 e. The van der Waals surface area contributed by atoms with E-state index < -0.39 is 10.0 Å². The van der Waals surface area contributed by atoms with E-state index in [-0.39, 0.29) is 23.3 Å². The number of ether oxygens (including phenoxy) is 1. The van der Waals surface area contributed by atoms with Crippen LogP contribution in [0.1, 0.15) is 23.7 Å². The average Bonchev–Trinajstić information content (AvgIpc) is 2.65. The molecule has 26 heavy (non-hydrogen) atoms. The molecule has 0 radical (unpaired) electrons. The molecule has 1 heterocycles. The monoisotopic (exact) mass is 383 g/mol. The molecule has 0 bridgehead atoms. The fourth-order valence-corrected chi connectivity index (χ4v) is 3.83. The van der Waals surface area contributed by atoms with E-state index in [1.54, 1.807) is 29.0 Å². The van der Waals surface area contributed by atoms with Crippen molar-refractivity contribution in [2.45, 2.75) is 18.2 Å². The van der Waals surface area contributed by atoms with Crippen LogP contribution in [0.15, 0.2) is 29.2 Å². The first-order chi connectivity index (χ1) is 12.3. The molecule has 0 saturated carbocycles. The number of amides is 2. The van der Waals surface area contributed by atoms with E-state index in [1.165, 1.54) is 19.1 Å². The van der Waals surface area contributed by atoms with E-state index in [9.17, 15) is 18.0 Å². The van der Waals surface area contributed by atoms with Crippen LogP contribution in [0.3, 0.4) is 0 Å². The number of methoxy groups -OCH3 is 1. The van der Waals surface area contributed by atoms with Crippen LogP contribution in [0, 0.1) is 0 Å². The Labute approximate surface area is 154 Å². The molecular weight excluding hydrogens is 358 g/mol. The van der Waals surface area contributed by atoms with Gasteiger partial charge < -0.3 is 14.5 Å². The highest BCUT2D eigenvalue weighted by Gasteiger charge is 2.24. The summed E-state index contributed by atoms with van der Waals surface area (Å²) >= 11 is 0. The molecule has 144 valence electrons. The smallest absolute Gasteiger partial charge is 0.254 e. The van der Waals surface area contributed by atoms with Crippen molar-refractivity contribution in [3.8, 4) is 0 Å². The summed E-state index contributed by atoms with van der Waals surface area (Å²) in [5.41, 5.74) is 0.320. The van der Waals surface area contributed by atoms with Gasteiger partial charge in [-0.15, -0.1) is 0 Å². The molecule has 0 atom stereocenters. The zero-order chi connectivity index (χ0) is 19.2. The number of nitrogens with one attached hydrogen (secondary N) is 1. The summed E-state index contributed by atoms with van der Waals surface area (Å²) in [5.74, 6) is -0.241. The Hall–Kier alpha value is -1.97.